The lowest BCUT2D eigenvalue weighted by molar-refractivity contribution is 1.11. The molecule has 0 aliphatic carbocycles. The third-order valence-corrected chi connectivity index (χ3v) is 16.7. The molecule has 14 rings (SSSR count). The summed E-state index contributed by atoms with van der Waals surface area (Å²) in [4.78, 5) is 10.5. The van der Waals surface area contributed by atoms with Crippen LogP contribution in [0.25, 0.3) is 133 Å². The number of hydrogen-bond donors (Lipinski definition) is 0. The van der Waals surface area contributed by atoms with E-state index in [0.29, 0.717) is 145 Å². The zero-order valence-corrected chi connectivity index (χ0v) is 48.2. The molecule has 0 aliphatic rings. The Morgan fingerprint density at radius 3 is 0.870 bits per heavy atom. The van der Waals surface area contributed by atoms with Crippen LogP contribution in [0, 0.1) is 102 Å². The molecular formula is C79H37N13. The molecular weight excluding hydrogens is 1130 g/mol. The molecule has 14 aromatic rings. The Hall–Kier alpha value is -14.5. The molecule has 0 bridgehead atoms. The Bertz CT molecular complexity index is 5330. The van der Waals surface area contributed by atoms with Gasteiger partial charge in [-0.3, -0.25) is 0 Å². The van der Waals surface area contributed by atoms with Crippen LogP contribution in [0.5, 0.6) is 0 Å². The minimum Gasteiger partial charge on any atom is -0.308 e. The van der Waals surface area contributed by atoms with Crippen molar-refractivity contribution < 1.29 is 0 Å². The van der Waals surface area contributed by atoms with Crippen LogP contribution >= 0.6 is 0 Å². The van der Waals surface area contributed by atoms with E-state index >= 15 is 0 Å². The highest BCUT2D eigenvalue weighted by atomic mass is 15.0. The maximum Gasteiger partial charge on any atom is 0.160 e. The second-order valence-electron chi connectivity index (χ2n) is 21.7. The first kappa shape index (κ1) is 55.4. The van der Waals surface area contributed by atoms with E-state index in [9.17, 15) is 47.4 Å². The minimum absolute atomic E-state index is 0.253. The van der Waals surface area contributed by atoms with Crippen LogP contribution in [-0.4, -0.2) is 19.1 Å². The summed E-state index contributed by atoms with van der Waals surface area (Å²) in [6.45, 7) is 0. The van der Waals surface area contributed by atoms with E-state index in [4.69, 9.17) is 9.97 Å². The lowest BCUT2D eigenvalue weighted by Crippen LogP contribution is -2.06. The van der Waals surface area contributed by atoms with Gasteiger partial charge in [0.25, 0.3) is 0 Å². The van der Waals surface area contributed by atoms with E-state index in [1.807, 2.05) is 161 Å². The van der Waals surface area contributed by atoms with Crippen LogP contribution in [0.15, 0.2) is 224 Å². The van der Waals surface area contributed by atoms with Crippen LogP contribution in [0.3, 0.4) is 0 Å². The molecule has 0 fully saturated rings. The number of rotatable bonds is 9. The molecule has 11 aromatic carbocycles. The number of benzene rings is 11. The Kier molecular flexibility index (Phi) is 13.7. The lowest BCUT2D eigenvalue weighted by Gasteiger charge is -2.19. The van der Waals surface area contributed by atoms with Crippen molar-refractivity contribution in [3.05, 3.63) is 275 Å². The molecule has 3 aromatic heterocycles. The van der Waals surface area contributed by atoms with E-state index in [1.165, 1.54) is 0 Å². The fourth-order valence-electron chi connectivity index (χ4n) is 12.4. The number of nitrogens with zero attached hydrogens (tertiary/aromatic N) is 13. The summed E-state index contributed by atoms with van der Waals surface area (Å²) in [5.74, 6) is 0.460. The van der Waals surface area contributed by atoms with E-state index in [1.54, 1.807) is 72.8 Å². The fourth-order valence-corrected chi connectivity index (χ4v) is 12.4. The summed E-state index contributed by atoms with van der Waals surface area (Å²) in [5, 5.41) is 96.4. The molecule has 0 spiro atoms. The summed E-state index contributed by atoms with van der Waals surface area (Å²) in [5.41, 5.74) is 15.0. The van der Waals surface area contributed by atoms with Crippen molar-refractivity contribution in [2.45, 2.75) is 0 Å². The van der Waals surface area contributed by atoms with Gasteiger partial charge in [-0.1, -0.05) is 109 Å². The molecule has 0 amide bonds. The Labute approximate surface area is 526 Å². The first-order valence-electron chi connectivity index (χ1n) is 28.7. The van der Waals surface area contributed by atoms with Crippen molar-refractivity contribution in [1.82, 2.24) is 19.1 Å². The van der Waals surface area contributed by atoms with Crippen molar-refractivity contribution in [3.8, 4) is 144 Å². The largest absolute Gasteiger partial charge is 0.308 e. The zero-order chi connectivity index (χ0) is 63.1. The number of fused-ring (bicyclic) bond motifs is 6. The lowest BCUT2D eigenvalue weighted by atomic mass is 9.95. The highest BCUT2D eigenvalue weighted by Crippen LogP contribution is 2.45. The summed E-state index contributed by atoms with van der Waals surface area (Å²) < 4.78 is 4.09. The van der Waals surface area contributed by atoms with Crippen molar-refractivity contribution in [2.75, 3.05) is 0 Å². The highest BCUT2D eigenvalue weighted by Gasteiger charge is 2.26. The molecule has 0 N–H and O–H groups in total. The molecule has 0 unspecified atom stereocenters. The van der Waals surface area contributed by atoms with Gasteiger partial charge < -0.3 is 9.13 Å². The Morgan fingerprint density at radius 2 is 0.565 bits per heavy atom. The van der Waals surface area contributed by atoms with E-state index in [0.717, 1.165) is 32.7 Å². The van der Waals surface area contributed by atoms with E-state index in [2.05, 4.69) is 54.6 Å². The normalized spacial score (nSPS) is 10.7. The molecule has 0 saturated heterocycles. The first-order valence-corrected chi connectivity index (χ1v) is 28.7. The molecule has 13 heteroatoms. The molecule has 0 aliphatic heterocycles. The Balaban J connectivity index is 1.12. The summed E-state index contributed by atoms with van der Waals surface area (Å²) in [6.07, 6.45) is 0. The molecule has 3 heterocycles. The third-order valence-electron chi connectivity index (χ3n) is 16.7. The second-order valence-corrected chi connectivity index (χ2v) is 21.7. The Morgan fingerprint density at radius 1 is 0.250 bits per heavy atom. The topological polar surface area (TPSA) is 250 Å². The molecule has 92 heavy (non-hydrogen) atoms. The smallest absolute Gasteiger partial charge is 0.160 e. The monoisotopic (exact) mass is 1170 g/mol. The van der Waals surface area contributed by atoms with Crippen molar-refractivity contribution in [1.29, 1.82) is 47.4 Å². The third kappa shape index (κ3) is 9.37. The van der Waals surface area contributed by atoms with E-state index < -0.39 is 0 Å². The number of hydrogen-bond acceptors (Lipinski definition) is 11. The van der Waals surface area contributed by atoms with Gasteiger partial charge in [-0.2, -0.15) is 47.4 Å². The van der Waals surface area contributed by atoms with Gasteiger partial charge in [0.2, 0.25) is 0 Å². The van der Waals surface area contributed by atoms with Gasteiger partial charge in [-0.15, -0.1) is 0 Å². The fraction of sp³-hybridized carbons (Fsp3) is 0. The van der Waals surface area contributed by atoms with Crippen LogP contribution in [0.1, 0.15) is 50.1 Å². The highest BCUT2D eigenvalue weighted by molar-refractivity contribution is 6.14. The van der Waals surface area contributed by atoms with Crippen LogP contribution in [0.2, 0.25) is 0 Å². The van der Waals surface area contributed by atoms with Gasteiger partial charge in [0, 0.05) is 38.2 Å². The molecule has 0 saturated carbocycles. The first-order chi connectivity index (χ1) is 45.2. The standard InChI is InChI=1S/C79H37N13/c80-38-47-11-19-62(58(27-47)42-84)53-15-23-73-66(31-53)67-32-54(63-20-12-48(39-81)28-59(63)43-85)16-24-74(67)91(73)77-35-57(72-37-71(51-7-3-1-4-8-51)89-79(90-72)52-9-5-2-6-10-52)36-78(70(77)46-88)92-75-25-17-55(64-21-13-49(40-82)29-60(64)44-86)33-68(75)69-34-56(18-26-76(69)92)65-22-14-50(41-83)30-61(65)45-87/h1-37H. The van der Waals surface area contributed by atoms with E-state index in [-0.39, 0.29) is 5.56 Å². The molecule has 418 valence electrons. The maximum atomic E-state index is 12.2. The van der Waals surface area contributed by atoms with Gasteiger partial charge >= 0.3 is 0 Å². The van der Waals surface area contributed by atoms with Crippen molar-refractivity contribution in [3.63, 3.8) is 0 Å². The van der Waals surface area contributed by atoms with Crippen molar-refractivity contribution in [2.24, 2.45) is 0 Å². The van der Waals surface area contributed by atoms with Gasteiger partial charge in [-0.25, -0.2) is 9.97 Å². The minimum atomic E-state index is 0.253. The van der Waals surface area contributed by atoms with Gasteiger partial charge in [0.1, 0.15) is 11.6 Å². The average molecular weight is 1170 g/mol. The SMILES string of the molecule is N#Cc1ccc(-c2ccc3c(c2)c2cc(-c4ccc(C#N)cc4C#N)ccc2n3-c2cc(-c3cc(-c4ccccc4)nc(-c4ccccc4)n3)cc(-n3c4ccc(-c5ccc(C#N)cc5C#N)cc4c4cc(-c5ccc(C#N)cc5C#N)ccc43)c2C#N)c(C#N)c1. The zero-order valence-electron chi connectivity index (χ0n) is 48.2. The van der Waals surface area contributed by atoms with Crippen molar-refractivity contribution >= 4 is 43.6 Å². The maximum absolute atomic E-state index is 12.2. The van der Waals surface area contributed by atoms with Gasteiger partial charge in [-0.05, 0) is 160 Å². The van der Waals surface area contributed by atoms with Crippen LogP contribution in [0.4, 0.5) is 0 Å². The summed E-state index contributed by atoms with van der Waals surface area (Å²) in [7, 11) is 0. The van der Waals surface area contributed by atoms with Crippen LogP contribution in [-0.2, 0) is 0 Å². The predicted molar refractivity (Wildman–Crippen MR) is 351 cm³/mol. The number of nitriles is 9. The summed E-state index contributed by atoms with van der Waals surface area (Å²) in [6, 6.07) is 89.1. The van der Waals surface area contributed by atoms with Crippen LogP contribution < -0.4 is 0 Å². The summed E-state index contributed by atoms with van der Waals surface area (Å²) >= 11 is 0. The number of aromatic nitrogens is 4. The predicted octanol–water partition coefficient (Wildman–Crippen LogP) is 17.2. The molecule has 0 radical (unpaired) electrons. The average Bonchev–Trinajstić information content (AvgIpc) is 1.56. The van der Waals surface area contributed by atoms with Gasteiger partial charge in [0.05, 0.1) is 138 Å². The van der Waals surface area contributed by atoms with Gasteiger partial charge in [0.15, 0.2) is 5.82 Å². The molecule has 13 nitrogen and oxygen atoms in total. The quantitative estimate of drug-likeness (QED) is 0.131. The second kappa shape index (κ2) is 22.7. The molecule has 0 atom stereocenters.